The van der Waals surface area contributed by atoms with E-state index in [4.69, 9.17) is 23.7 Å². The van der Waals surface area contributed by atoms with Gasteiger partial charge in [0.15, 0.2) is 11.5 Å². The zero-order valence-electron chi connectivity index (χ0n) is 32.7. The maximum atomic E-state index is 13.1. The van der Waals surface area contributed by atoms with Crippen molar-refractivity contribution in [3.8, 4) is 11.5 Å². The molecule has 58 heavy (non-hydrogen) atoms. The number of aryl methyl sites for hydroxylation is 2. The van der Waals surface area contributed by atoms with E-state index in [0.717, 1.165) is 11.1 Å². The number of nitrogens with zero attached hydrogens (tertiary/aromatic N) is 2. The van der Waals surface area contributed by atoms with Gasteiger partial charge in [0.25, 0.3) is 11.1 Å². The molecule has 4 heterocycles. The van der Waals surface area contributed by atoms with Crippen LogP contribution in [-0.4, -0.2) is 70.0 Å². The molecule has 6 atom stereocenters. The van der Waals surface area contributed by atoms with Gasteiger partial charge in [-0.15, -0.1) is 0 Å². The predicted molar refractivity (Wildman–Crippen MR) is 213 cm³/mol. The third-order valence-electron chi connectivity index (χ3n) is 10.9. The summed E-state index contributed by atoms with van der Waals surface area (Å²) in [4.78, 5) is 54.4. The number of hydrogen-bond donors (Lipinski definition) is 5. The van der Waals surface area contributed by atoms with Crippen molar-refractivity contribution in [2.45, 2.75) is 69.6 Å². The Morgan fingerprint density at radius 2 is 1.36 bits per heavy atom. The van der Waals surface area contributed by atoms with Crippen LogP contribution in [0.5, 0.6) is 11.5 Å². The van der Waals surface area contributed by atoms with Gasteiger partial charge in [-0.1, -0.05) is 72.8 Å². The van der Waals surface area contributed by atoms with Gasteiger partial charge in [0, 0.05) is 42.0 Å². The molecule has 5 N–H and O–H groups in total. The van der Waals surface area contributed by atoms with Gasteiger partial charge in [0.1, 0.15) is 24.3 Å². The van der Waals surface area contributed by atoms with Crippen molar-refractivity contribution in [2.24, 2.45) is 5.92 Å². The summed E-state index contributed by atoms with van der Waals surface area (Å²) in [5, 5.41) is 10.8. The molecule has 2 aliphatic heterocycles. The molecule has 3 aromatic carbocycles. The maximum absolute atomic E-state index is 13.1. The molecule has 0 aliphatic carbocycles. The van der Waals surface area contributed by atoms with Crippen LogP contribution in [0.4, 0.5) is 0 Å². The lowest BCUT2D eigenvalue weighted by molar-refractivity contribution is -0.0859. The van der Waals surface area contributed by atoms with Crippen molar-refractivity contribution < 1.29 is 28.8 Å². The Morgan fingerprint density at radius 3 is 1.93 bits per heavy atom. The second-order valence-corrected chi connectivity index (χ2v) is 14.5. The molecule has 2 aromatic heterocycles. The van der Waals surface area contributed by atoms with Crippen LogP contribution in [0.25, 0.3) is 0 Å². The van der Waals surface area contributed by atoms with Crippen LogP contribution in [-0.2, 0) is 19.8 Å². The molecule has 0 bridgehead atoms. The molecule has 16 nitrogen and oxygen atoms in total. The fraction of sp³-hybridized carbons (Fsp3) is 0.381. The molecule has 0 radical (unpaired) electrons. The van der Waals surface area contributed by atoms with E-state index in [2.05, 4.69) is 20.8 Å². The average molecular weight is 797 g/mol. The fourth-order valence-electron chi connectivity index (χ4n) is 7.86. The van der Waals surface area contributed by atoms with Crippen LogP contribution in [0.3, 0.4) is 0 Å². The highest BCUT2D eigenvalue weighted by atomic mass is 16.6. The van der Waals surface area contributed by atoms with Gasteiger partial charge in [-0.2, -0.15) is 0 Å². The van der Waals surface area contributed by atoms with Gasteiger partial charge in [0.2, 0.25) is 0 Å². The first-order chi connectivity index (χ1) is 28.0. The highest BCUT2D eigenvalue weighted by Crippen LogP contribution is 2.48. The van der Waals surface area contributed by atoms with E-state index in [0.29, 0.717) is 47.6 Å². The van der Waals surface area contributed by atoms with Crippen LogP contribution in [0.15, 0.2) is 110 Å². The molecule has 16 heteroatoms. The number of hydrazine groups is 1. The van der Waals surface area contributed by atoms with Gasteiger partial charge >= 0.3 is 11.4 Å². The maximum Gasteiger partial charge on any atom is 0.330 e. The van der Waals surface area contributed by atoms with Gasteiger partial charge in [0.05, 0.1) is 33.0 Å². The van der Waals surface area contributed by atoms with Crippen LogP contribution in [0.2, 0.25) is 0 Å². The number of rotatable bonds is 15. The summed E-state index contributed by atoms with van der Waals surface area (Å²) in [6.07, 6.45) is 0.160. The highest BCUT2D eigenvalue weighted by molar-refractivity contribution is 5.57. The van der Waals surface area contributed by atoms with E-state index in [1.165, 1.54) is 21.5 Å². The number of benzene rings is 3. The Labute approximate surface area is 333 Å². The molecule has 3 unspecified atom stereocenters. The monoisotopic (exact) mass is 796 g/mol. The lowest BCUT2D eigenvalue weighted by Crippen LogP contribution is -2.46. The standard InChI is InChI=1S/C42H48N6O10/c1-25-22-47(40(52)44-37(25)50)34-20-27(18-19-43-46-39-31(49)21-35(58-39)48-23-26(2)38(51)45-41(48)53)33(57-34)24-56-42(28-12-7-5-8-13-28,29-14-9-6-10-15-29)30-16-11-17-32(54-3)36(30)55-4/h5-17,22-23,27,31,33-35,39,43,46,49H,18-21,24H2,1-4H3,(H,44,50,52)(H,45,51,53)/t27-,31?,33+,34+,35?,39?/m0/s1. The third-order valence-corrected chi connectivity index (χ3v) is 10.9. The molecule has 2 aliphatic rings. The second-order valence-electron chi connectivity index (χ2n) is 14.5. The largest absolute Gasteiger partial charge is 0.493 e. The first-order valence-electron chi connectivity index (χ1n) is 19.1. The Bertz CT molecular complexity index is 2390. The van der Waals surface area contributed by atoms with E-state index in [9.17, 15) is 24.3 Å². The molecular weight excluding hydrogens is 748 g/mol. The third kappa shape index (κ3) is 8.07. The topological polar surface area (TPSA) is 200 Å². The van der Waals surface area contributed by atoms with Gasteiger partial charge in [-0.05, 0) is 49.8 Å². The summed E-state index contributed by atoms with van der Waals surface area (Å²) in [7, 11) is 3.18. The lowest BCUT2D eigenvalue weighted by Gasteiger charge is -2.38. The molecule has 306 valence electrons. The minimum Gasteiger partial charge on any atom is -0.493 e. The second kappa shape index (κ2) is 17.5. The molecule has 2 saturated heterocycles. The van der Waals surface area contributed by atoms with Crippen LogP contribution < -0.4 is 42.8 Å². The van der Waals surface area contributed by atoms with E-state index < -0.39 is 59.0 Å². The highest BCUT2D eigenvalue weighted by Gasteiger charge is 2.44. The number of ether oxygens (including phenoxy) is 5. The van der Waals surface area contributed by atoms with Crippen molar-refractivity contribution in [3.63, 3.8) is 0 Å². The number of hydrogen-bond acceptors (Lipinski definition) is 12. The van der Waals surface area contributed by atoms with E-state index in [-0.39, 0.29) is 18.9 Å². The molecule has 7 rings (SSSR count). The minimum atomic E-state index is -1.21. The number of aromatic nitrogens is 4. The van der Waals surface area contributed by atoms with Crippen LogP contribution in [0, 0.1) is 19.8 Å². The zero-order valence-corrected chi connectivity index (χ0v) is 32.7. The first-order valence-corrected chi connectivity index (χ1v) is 19.1. The Kier molecular flexibility index (Phi) is 12.2. The molecule has 0 saturated carbocycles. The Balaban J connectivity index is 1.16. The van der Waals surface area contributed by atoms with E-state index in [1.54, 1.807) is 28.1 Å². The number of methoxy groups -OCH3 is 2. The lowest BCUT2D eigenvalue weighted by atomic mass is 9.79. The Hall–Kier alpha value is -5.62. The number of H-pyrrole nitrogens is 2. The summed E-state index contributed by atoms with van der Waals surface area (Å²) in [5.74, 6) is 0.869. The zero-order chi connectivity index (χ0) is 41.0. The van der Waals surface area contributed by atoms with Gasteiger partial charge in [-0.3, -0.25) is 34.1 Å². The SMILES string of the molecule is COc1cccc(C(OC[C@H]2O[C@@H](n3cc(C)c(=O)[nH]c3=O)C[C@@H]2CCNNC2OC(n3cc(C)c(=O)[nH]c3=O)CC2O)(c2ccccc2)c2ccccc2)c1OC. The summed E-state index contributed by atoms with van der Waals surface area (Å²) in [5.41, 5.74) is 5.91. The number of aromatic amines is 2. The summed E-state index contributed by atoms with van der Waals surface area (Å²) in [6, 6.07) is 25.3. The summed E-state index contributed by atoms with van der Waals surface area (Å²) >= 11 is 0. The molecule has 5 aromatic rings. The molecular formula is C42H48N6O10. The van der Waals surface area contributed by atoms with E-state index in [1.807, 2.05) is 78.9 Å². The van der Waals surface area contributed by atoms with Crippen molar-refractivity contribution in [1.82, 2.24) is 30.0 Å². The fourth-order valence-corrected chi connectivity index (χ4v) is 7.86. The smallest absolute Gasteiger partial charge is 0.330 e. The normalized spacial score (nSPS) is 21.9. The molecule has 2 fully saturated rings. The van der Waals surface area contributed by atoms with Gasteiger partial charge < -0.3 is 28.8 Å². The van der Waals surface area contributed by atoms with Crippen molar-refractivity contribution in [3.05, 3.63) is 161 Å². The minimum absolute atomic E-state index is 0.0787. The predicted octanol–water partition coefficient (Wildman–Crippen LogP) is 2.72. The Morgan fingerprint density at radius 1 is 0.776 bits per heavy atom. The summed E-state index contributed by atoms with van der Waals surface area (Å²) < 4.78 is 34.3. The van der Waals surface area contributed by atoms with Crippen LogP contribution >= 0.6 is 0 Å². The average Bonchev–Trinajstić information content (AvgIpc) is 3.82. The van der Waals surface area contributed by atoms with Crippen molar-refractivity contribution >= 4 is 0 Å². The first kappa shape index (κ1) is 40.6. The number of nitrogens with one attached hydrogen (secondary N) is 4. The van der Waals surface area contributed by atoms with Crippen molar-refractivity contribution in [1.29, 1.82) is 0 Å². The van der Waals surface area contributed by atoms with Gasteiger partial charge in [-0.25, -0.2) is 15.0 Å². The van der Waals surface area contributed by atoms with Crippen LogP contribution in [0.1, 0.15) is 59.5 Å². The van der Waals surface area contributed by atoms with Crippen molar-refractivity contribution in [2.75, 3.05) is 27.4 Å². The molecule has 0 amide bonds. The molecule has 0 spiro atoms. The number of para-hydroxylation sites is 1. The van der Waals surface area contributed by atoms with E-state index >= 15 is 0 Å². The quantitative estimate of drug-likeness (QED) is 0.0591. The summed E-state index contributed by atoms with van der Waals surface area (Å²) in [6.45, 7) is 3.68. The number of aliphatic hydroxyl groups is 1. The number of aliphatic hydroxyl groups excluding tert-OH is 1.